The fraction of sp³-hybridized carbons (Fsp3) is 0.0476. The van der Waals surface area contributed by atoms with Crippen molar-refractivity contribution in [2.75, 3.05) is 5.32 Å². The van der Waals surface area contributed by atoms with Crippen molar-refractivity contribution >= 4 is 45.8 Å². The first-order chi connectivity index (χ1) is 13.5. The highest BCUT2D eigenvalue weighted by Gasteiger charge is 2.17. The maximum absolute atomic E-state index is 13.9. The summed E-state index contributed by atoms with van der Waals surface area (Å²) in [5, 5.41) is 9.05. The first-order valence-corrected chi connectivity index (χ1v) is 9.24. The number of amides is 1. The van der Waals surface area contributed by atoms with Crippen LogP contribution < -0.4 is 5.32 Å². The van der Waals surface area contributed by atoms with Gasteiger partial charge < -0.3 is 5.32 Å². The third-order valence-electron chi connectivity index (χ3n) is 4.34. The molecule has 0 radical (unpaired) electrons. The lowest BCUT2D eigenvalue weighted by Gasteiger charge is -2.06. The molecule has 0 unspecified atom stereocenters. The highest BCUT2D eigenvalue weighted by atomic mass is 35.5. The molecule has 0 fully saturated rings. The van der Waals surface area contributed by atoms with Crippen LogP contribution in [0.2, 0.25) is 10.0 Å². The van der Waals surface area contributed by atoms with Gasteiger partial charge in [0, 0.05) is 15.4 Å². The lowest BCUT2D eigenvalue weighted by Crippen LogP contribution is -2.14. The zero-order valence-electron chi connectivity index (χ0n) is 14.5. The van der Waals surface area contributed by atoms with E-state index in [0.29, 0.717) is 22.4 Å². The van der Waals surface area contributed by atoms with E-state index in [9.17, 15) is 9.18 Å². The molecule has 1 heterocycles. The molecule has 0 spiro atoms. The Labute approximate surface area is 170 Å². The van der Waals surface area contributed by atoms with Gasteiger partial charge in [-0.05, 0) is 42.0 Å². The number of nitrogens with one attached hydrogen (secondary N) is 1. The van der Waals surface area contributed by atoms with Gasteiger partial charge in [-0.15, -0.1) is 0 Å². The second-order valence-electron chi connectivity index (χ2n) is 6.19. The van der Waals surface area contributed by atoms with Gasteiger partial charge in [0.2, 0.25) is 0 Å². The van der Waals surface area contributed by atoms with Crippen LogP contribution >= 0.6 is 23.2 Å². The number of halogens is 3. The van der Waals surface area contributed by atoms with E-state index in [0.717, 1.165) is 16.5 Å². The zero-order valence-corrected chi connectivity index (χ0v) is 16.0. The predicted octanol–water partition coefficient (Wildman–Crippen LogP) is 5.78. The van der Waals surface area contributed by atoms with Crippen LogP contribution in [-0.2, 0) is 6.54 Å². The molecule has 4 rings (SSSR count). The van der Waals surface area contributed by atoms with Gasteiger partial charge >= 0.3 is 0 Å². The maximum Gasteiger partial charge on any atom is 0.259 e. The van der Waals surface area contributed by atoms with E-state index in [1.807, 2.05) is 30.3 Å². The molecule has 4 aromatic rings. The summed E-state index contributed by atoms with van der Waals surface area (Å²) in [4.78, 5) is 12.5. The molecule has 0 saturated heterocycles. The van der Waals surface area contributed by atoms with Gasteiger partial charge in [0.1, 0.15) is 5.82 Å². The van der Waals surface area contributed by atoms with Gasteiger partial charge in [-0.1, -0.05) is 53.5 Å². The van der Waals surface area contributed by atoms with E-state index in [4.69, 9.17) is 23.2 Å². The Balaban J connectivity index is 1.70. The number of rotatable bonds is 4. The van der Waals surface area contributed by atoms with Crippen LogP contribution in [0.1, 0.15) is 15.9 Å². The summed E-state index contributed by atoms with van der Waals surface area (Å²) in [6, 6.07) is 18.5. The molecule has 1 amide bonds. The standard InChI is InChI=1S/C21H14Cl2FN3O/c22-14-10-9-13(17(23)11-14)12-27-19-8-4-2-6-16(19)20(26-27)25-21(28)15-5-1-3-7-18(15)24/h1-11H,12H2,(H,25,26,28). The first kappa shape index (κ1) is 18.5. The van der Waals surface area contributed by atoms with Crippen molar-refractivity contribution < 1.29 is 9.18 Å². The SMILES string of the molecule is O=C(Nc1nn(Cc2ccc(Cl)cc2Cl)c2ccccc12)c1ccccc1F. The highest BCUT2D eigenvalue weighted by molar-refractivity contribution is 6.35. The van der Waals surface area contributed by atoms with Crippen molar-refractivity contribution in [3.05, 3.63) is 93.7 Å². The van der Waals surface area contributed by atoms with Crippen LogP contribution in [-0.4, -0.2) is 15.7 Å². The fourth-order valence-corrected chi connectivity index (χ4v) is 3.44. The van der Waals surface area contributed by atoms with Crippen LogP contribution in [0.4, 0.5) is 10.2 Å². The number of nitrogens with zero attached hydrogens (tertiary/aromatic N) is 2. The van der Waals surface area contributed by atoms with E-state index in [1.165, 1.54) is 18.2 Å². The normalized spacial score (nSPS) is 11.0. The molecule has 0 aliphatic rings. The molecule has 0 aliphatic heterocycles. The molecule has 1 aromatic heterocycles. The lowest BCUT2D eigenvalue weighted by molar-refractivity contribution is 0.102. The monoisotopic (exact) mass is 413 g/mol. The summed E-state index contributed by atoms with van der Waals surface area (Å²) in [5.74, 6) is -0.788. The van der Waals surface area contributed by atoms with E-state index in [-0.39, 0.29) is 5.56 Å². The van der Waals surface area contributed by atoms with Crippen molar-refractivity contribution in [3.8, 4) is 0 Å². The van der Waals surface area contributed by atoms with Crippen LogP contribution in [0.5, 0.6) is 0 Å². The Morgan fingerprint density at radius 3 is 2.57 bits per heavy atom. The van der Waals surface area contributed by atoms with E-state index < -0.39 is 11.7 Å². The molecule has 4 nitrogen and oxygen atoms in total. The Morgan fingerprint density at radius 1 is 1.04 bits per heavy atom. The topological polar surface area (TPSA) is 46.9 Å². The number of hydrogen-bond donors (Lipinski definition) is 1. The molecule has 7 heteroatoms. The van der Waals surface area contributed by atoms with Crippen LogP contribution in [0.3, 0.4) is 0 Å². The average molecular weight is 414 g/mol. The molecule has 1 N–H and O–H groups in total. The summed E-state index contributed by atoms with van der Waals surface area (Å²) in [5.41, 5.74) is 1.62. The van der Waals surface area contributed by atoms with E-state index >= 15 is 0 Å². The highest BCUT2D eigenvalue weighted by Crippen LogP contribution is 2.27. The first-order valence-electron chi connectivity index (χ1n) is 8.48. The molecule has 0 aliphatic carbocycles. The summed E-state index contributed by atoms with van der Waals surface area (Å²) in [6.45, 7) is 0.395. The number of benzene rings is 3. The summed E-state index contributed by atoms with van der Waals surface area (Å²) >= 11 is 12.2. The van der Waals surface area contributed by atoms with Crippen molar-refractivity contribution in [2.24, 2.45) is 0 Å². The molecule has 140 valence electrons. The number of carbonyl (C=O) groups is 1. The molecule has 0 saturated carbocycles. The molecule has 0 atom stereocenters. The Morgan fingerprint density at radius 2 is 1.79 bits per heavy atom. The minimum Gasteiger partial charge on any atom is -0.304 e. The maximum atomic E-state index is 13.9. The lowest BCUT2D eigenvalue weighted by atomic mass is 10.2. The number of carbonyl (C=O) groups excluding carboxylic acids is 1. The number of anilines is 1. The molecule has 0 bridgehead atoms. The Hall–Kier alpha value is -2.89. The Kier molecular flexibility index (Phi) is 5.03. The number of fused-ring (bicyclic) bond motifs is 1. The second-order valence-corrected chi connectivity index (χ2v) is 7.04. The minimum absolute atomic E-state index is 0.0399. The van der Waals surface area contributed by atoms with E-state index in [1.54, 1.807) is 22.9 Å². The van der Waals surface area contributed by atoms with E-state index in [2.05, 4.69) is 10.4 Å². The molecular weight excluding hydrogens is 400 g/mol. The zero-order chi connectivity index (χ0) is 19.7. The number of hydrogen-bond acceptors (Lipinski definition) is 2. The largest absolute Gasteiger partial charge is 0.304 e. The van der Waals surface area contributed by atoms with Gasteiger partial charge in [-0.2, -0.15) is 5.10 Å². The number of aromatic nitrogens is 2. The second kappa shape index (κ2) is 7.62. The molecular formula is C21H14Cl2FN3O. The Bertz CT molecular complexity index is 1190. The summed E-state index contributed by atoms with van der Waals surface area (Å²) in [6.07, 6.45) is 0. The van der Waals surface area contributed by atoms with Gasteiger partial charge in [0.15, 0.2) is 5.82 Å². The third-order valence-corrected chi connectivity index (χ3v) is 4.93. The van der Waals surface area contributed by atoms with Crippen molar-refractivity contribution in [2.45, 2.75) is 6.54 Å². The van der Waals surface area contributed by atoms with Gasteiger partial charge in [0.05, 0.1) is 17.6 Å². The predicted molar refractivity (Wildman–Crippen MR) is 110 cm³/mol. The van der Waals surface area contributed by atoms with Crippen LogP contribution in [0, 0.1) is 5.82 Å². The molecule has 28 heavy (non-hydrogen) atoms. The quantitative estimate of drug-likeness (QED) is 0.460. The van der Waals surface area contributed by atoms with Gasteiger partial charge in [0.25, 0.3) is 5.91 Å². The average Bonchev–Trinajstić information content (AvgIpc) is 3.02. The minimum atomic E-state index is -0.586. The van der Waals surface area contributed by atoms with Crippen molar-refractivity contribution in [3.63, 3.8) is 0 Å². The fourth-order valence-electron chi connectivity index (χ4n) is 2.97. The third kappa shape index (κ3) is 3.59. The summed E-state index contributed by atoms with van der Waals surface area (Å²) in [7, 11) is 0. The van der Waals surface area contributed by atoms with Gasteiger partial charge in [-0.25, -0.2) is 4.39 Å². The van der Waals surface area contributed by atoms with Crippen LogP contribution in [0.25, 0.3) is 10.9 Å². The van der Waals surface area contributed by atoms with Crippen LogP contribution in [0.15, 0.2) is 66.7 Å². The number of para-hydroxylation sites is 1. The van der Waals surface area contributed by atoms with Crippen molar-refractivity contribution in [1.82, 2.24) is 9.78 Å². The summed E-state index contributed by atoms with van der Waals surface area (Å²) < 4.78 is 15.7. The van der Waals surface area contributed by atoms with Gasteiger partial charge in [-0.3, -0.25) is 9.48 Å². The smallest absolute Gasteiger partial charge is 0.259 e. The molecule has 3 aromatic carbocycles. The van der Waals surface area contributed by atoms with Crippen molar-refractivity contribution in [1.29, 1.82) is 0 Å².